The van der Waals surface area contributed by atoms with Crippen molar-refractivity contribution in [2.24, 2.45) is 0 Å². The molecule has 3 aromatic rings. The molecule has 0 unspecified atom stereocenters. The maximum absolute atomic E-state index is 13.1. The van der Waals surface area contributed by atoms with Gasteiger partial charge in [-0.3, -0.25) is 9.59 Å². The highest BCUT2D eigenvalue weighted by Gasteiger charge is 2.44. The summed E-state index contributed by atoms with van der Waals surface area (Å²) in [4.78, 5) is 26.9. The van der Waals surface area contributed by atoms with Crippen LogP contribution in [0.2, 0.25) is 0 Å². The number of amides is 1. The van der Waals surface area contributed by atoms with Crippen LogP contribution in [0.1, 0.15) is 26.8 Å². The first-order chi connectivity index (χ1) is 15.2. The standard InChI is InChI=1S/C22H21N3O5S2/c1-24(2)16-10-8-15(9-11-16)21(26)23-19-12-18-17(31-19)13-25(32(18,29)30)20(22(27)28)14-6-4-3-5-7-14/h3-12,20H,13H2,1-2H3,(H,23,26)(H,27,28)/t20-/m1/s1. The van der Waals surface area contributed by atoms with E-state index in [-0.39, 0.29) is 17.3 Å². The van der Waals surface area contributed by atoms with E-state index in [4.69, 9.17) is 0 Å². The Labute approximate surface area is 189 Å². The van der Waals surface area contributed by atoms with Crippen molar-refractivity contribution in [3.8, 4) is 0 Å². The molecule has 0 radical (unpaired) electrons. The number of nitrogens with zero attached hydrogens (tertiary/aromatic N) is 2. The summed E-state index contributed by atoms with van der Waals surface area (Å²) in [6.07, 6.45) is 0. The van der Waals surface area contributed by atoms with Crippen molar-refractivity contribution in [1.82, 2.24) is 4.31 Å². The summed E-state index contributed by atoms with van der Waals surface area (Å²) in [5.41, 5.74) is 1.78. The first-order valence-corrected chi connectivity index (χ1v) is 11.9. The van der Waals surface area contributed by atoms with E-state index in [1.807, 2.05) is 31.1 Å². The van der Waals surface area contributed by atoms with Gasteiger partial charge in [0.05, 0.1) is 16.4 Å². The molecule has 0 spiro atoms. The molecule has 0 bridgehead atoms. The van der Waals surface area contributed by atoms with Crippen LogP contribution in [-0.2, 0) is 21.4 Å². The number of benzene rings is 2. The lowest BCUT2D eigenvalue weighted by Gasteiger charge is -2.23. The average Bonchev–Trinajstić information content (AvgIpc) is 3.26. The molecule has 166 valence electrons. The lowest BCUT2D eigenvalue weighted by atomic mass is 10.1. The summed E-state index contributed by atoms with van der Waals surface area (Å²) < 4.78 is 27.2. The number of nitrogens with one attached hydrogen (secondary N) is 1. The molecule has 0 fully saturated rings. The van der Waals surface area contributed by atoms with Gasteiger partial charge in [-0.25, -0.2) is 8.42 Å². The van der Waals surface area contributed by atoms with E-state index in [9.17, 15) is 23.1 Å². The van der Waals surface area contributed by atoms with Gasteiger partial charge in [0.15, 0.2) is 0 Å². The number of hydrogen-bond donors (Lipinski definition) is 2. The zero-order valence-corrected chi connectivity index (χ0v) is 19.0. The Morgan fingerprint density at radius 2 is 1.75 bits per heavy atom. The van der Waals surface area contributed by atoms with Crippen molar-refractivity contribution in [2.75, 3.05) is 24.3 Å². The predicted octanol–water partition coefficient (Wildman–Crippen LogP) is 3.40. The van der Waals surface area contributed by atoms with Crippen molar-refractivity contribution in [3.05, 3.63) is 76.7 Å². The third-order valence-corrected chi connectivity index (χ3v) is 8.22. The van der Waals surface area contributed by atoms with Crippen LogP contribution in [0.25, 0.3) is 0 Å². The van der Waals surface area contributed by atoms with Gasteiger partial charge in [0.1, 0.15) is 6.04 Å². The van der Waals surface area contributed by atoms with Gasteiger partial charge < -0.3 is 15.3 Å². The second-order valence-corrected chi connectivity index (χ2v) is 10.5. The molecule has 1 aliphatic heterocycles. The molecular weight excluding hydrogens is 450 g/mol. The van der Waals surface area contributed by atoms with E-state index < -0.39 is 22.0 Å². The van der Waals surface area contributed by atoms with Gasteiger partial charge in [-0.2, -0.15) is 4.31 Å². The van der Waals surface area contributed by atoms with E-state index >= 15 is 0 Å². The highest BCUT2D eigenvalue weighted by molar-refractivity contribution is 7.89. The second kappa shape index (κ2) is 8.38. The Bertz CT molecular complexity index is 1270. The third kappa shape index (κ3) is 3.99. The first kappa shape index (κ1) is 22.0. The summed E-state index contributed by atoms with van der Waals surface area (Å²) in [5.74, 6) is -1.60. The van der Waals surface area contributed by atoms with Gasteiger partial charge in [0.2, 0.25) is 10.0 Å². The zero-order valence-electron chi connectivity index (χ0n) is 17.3. The number of sulfonamides is 1. The average molecular weight is 472 g/mol. The second-order valence-electron chi connectivity index (χ2n) is 7.50. The topological polar surface area (TPSA) is 107 Å². The highest BCUT2D eigenvalue weighted by Crippen LogP contribution is 2.43. The number of carboxylic acids is 1. The van der Waals surface area contributed by atoms with E-state index in [1.54, 1.807) is 42.5 Å². The lowest BCUT2D eigenvalue weighted by Crippen LogP contribution is -2.34. The number of fused-ring (bicyclic) bond motifs is 1. The first-order valence-electron chi connectivity index (χ1n) is 9.69. The minimum atomic E-state index is -4.03. The highest BCUT2D eigenvalue weighted by atomic mass is 32.2. The smallest absolute Gasteiger partial charge is 0.326 e. The van der Waals surface area contributed by atoms with Crippen LogP contribution in [-0.4, -0.2) is 43.8 Å². The van der Waals surface area contributed by atoms with Gasteiger partial charge in [0.25, 0.3) is 5.91 Å². The molecule has 2 N–H and O–H groups in total. The molecule has 2 heterocycles. The lowest BCUT2D eigenvalue weighted by molar-refractivity contribution is -0.141. The van der Waals surface area contributed by atoms with Gasteiger partial charge in [0, 0.05) is 30.2 Å². The Kier molecular flexibility index (Phi) is 5.76. The van der Waals surface area contributed by atoms with Gasteiger partial charge in [-0.15, -0.1) is 11.3 Å². The van der Waals surface area contributed by atoms with E-state index in [2.05, 4.69) is 5.32 Å². The molecule has 0 saturated carbocycles. The van der Waals surface area contributed by atoms with Crippen LogP contribution in [0.5, 0.6) is 0 Å². The Morgan fingerprint density at radius 3 is 2.31 bits per heavy atom. The molecule has 1 amide bonds. The number of carbonyl (C=O) groups is 2. The van der Waals surface area contributed by atoms with Crippen molar-refractivity contribution in [1.29, 1.82) is 0 Å². The normalized spacial score (nSPS) is 15.7. The number of hydrogen-bond acceptors (Lipinski definition) is 6. The van der Waals surface area contributed by atoms with Crippen LogP contribution in [0, 0.1) is 0 Å². The van der Waals surface area contributed by atoms with Crippen LogP contribution in [0.15, 0.2) is 65.6 Å². The molecule has 32 heavy (non-hydrogen) atoms. The van der Waals surface area contributed by atoms with E-state index in [1.165, 1.54) is 6.07 Å². The fourth-order valence-electron chi connectivity index (χ4n) is 3.55. The van der Waals surface area contributed by atoms with Gasteiger partial charge in [-0.1, -0.05) is 30.3 Å². The van der Waals surface area contributed by atoms with Crippen LogP contribution in [0.3, 0.4) is 0 Å². The Morgan fingerprint density at radius 1 is 1.09 bits per heavy atom. The molecule has 4 rings (SSSR count). The summed E-state index contributed by atoms with van der Waals surface area (Å²) in [5, 5.41) is 12.9. The van der Waals surface area contributed by atoms with Crippen molar-refractivity contribution in [3.63, 3.8) is 0 Å². The van der Waals surface area contributed by atoms with Crippen molar-refractivity contribution < 1.29 is 23.1 Å². The predicted molar refractivity (Wildman–Crippen MR) is 123 cm³/mol. The quantitative estimate of drug-likeness (QED) is 0.571. The Hall–Kier alpha value is -3.21. The zero-order chi connectivity index (χ0) is 23.0. The minimum absolute atomic E-state index is 0.0305. The molecule has 1 atom stereocenters. The number of carboxylic acid groups (broad SMARTS) is 1. The van der Waals surface area contributed by atoms with Crippen LogP contribution >= 0.6 is 11.3 Å². The van der Waals surface area contributed by atoms with Crippen molar-refractivity contribution >= 4 is 43.9 Å². The van der Waals surface area contributed by atoms with Gasteiger partial charge in [-0.05, 0) is 35.9 Å². The minimum Gasteiger partial charge on any atom is -0.480 e. The Balaban J connectivity index is 1.56. The van der Waals surface area contributed by atoms with Gasteiger partial charge >= 0.3 is 5.97 Å². The fraction of sp³-hybridized carbons (Fsp3) is 0.182. The molecule has 1 aliphatic rings. The maximum Gasteiger partial charge on any atom is 0.326 e. The van der Waals surface area contributed by atoms with Crippen LogP contribution < -0.4 is 10.2 Å². The van der Waals surface area contributed by atoms with E-state index in [0.717, 1.165) is 21.3 Å². The summed E-state index contributed by atoms with van der Waals surface area (Å²) >= 11 is 1.13. The largest absolute Gasteiger partial charge is 0.480 e. The number of carbonyl (C=O) groups excluding carboxylic acids is 1. The SMILES string of the molecule is CN(C)c1ccc(C(=O)Nc2cc3c(s2)CN([C@@H](C(=O)O)c2ccccc2)S3(=O)=O)cc1. The molecular formula is C22H21N3O5S2. The van der Waals surface area contributed by atoms with E-state index in [0.29, 0.717) is 21.0 Å². The molecule has 10 heteroatoms. The number of aliphatic carboxylic acids is 1. The number of thiophene rings is 1. The molecule has 0 saturated heterocycles. The number of anilines is 2. The van der Waals surface area contributed by atoms with Crippen molar-refractivity contribution in [2.45, 2.75) is 17.5 Å². The molecule has 8 nitrogen and oxygen atoms in total. The summed E-state index contributed by atoms with van der Waals surface area (Å²) in [6, 6.07) is 15.4. The molecule has 2 aromatic carbocycles. The monoisotopic (exact) mass is 471 g/mol. The maximum atomic E-state index is 13.1. The number of rotatable bonds is 6. The summed E-state index contributed by atoms with van der Waals surface area (Å²) in [7, 11) is -0.224. The fourth-order valence-corrected chi connectivity index (χ4v) is 6.75. The molecule has 1 aromatic heterocycles. The molecule has 0 aliphatic carbocycles. The van der Waals surface area contributed by atoms with Crippen LogP contribution in [0.4, 0.5) is 10.7 Å². The summed E-state index contributed by atoms with van der Waals surface area (Å²) in [6.45, 7) is -0.0679. The third-order valence-electron chi connectivity index (χ3n) is 5.18.